The molecule has 14 heavy (non-hydrogen) atoms. The average Bonchev–Trinajstić information content (AvgIpc) is 2.17. The Morgan fingerprint density at radius 2 is 1.86 bits per heavy atom. The Morgan fingerprint density at radius 1 is 1.29 bits per heavy atom. The topological polar surface area (TPSA) is 94.7 Å². The number of guanidine groups is 2. The van der Waals surface area contributed by atoms with Crippen molar-refractivity contribution in [1.82, 2.24) is 9.80 Å². The molecule has 0 aliphatic carbocycles. The van der Waals surface area contributed by atoms with E-state index in [-0.39, 0.29) is 5.96 Å². The largest absolute Gasteiger partial charge is 0.369 e. The second-order valence-electron chi connectivity index (χ2n) is 3.28. The molecule has 0 saturated carbocycles. The van der Waals surface area contributed by atoms with Gasteiger partial charge in [-0.3, -0.25) is 5.41 Å². The van der Waals surface area contributed by atoms with Crippen LogP contribution < -0.4 is 11.5 Å². The van der Waals surface area contributed by atoms with Gasteiger partial charge in [-0.15, -0.1) is 0 Å². The van der Waals surface area contributed by atoms with Crippen molar-refractivity contribution in [3.05, 3.63) is 0 Å². The maximum atomic E-state index is 6.99. The van der Waals surface area contributed by atoms with Gasteiger partial charge in [0.2, 0.25) is 5.96 Å². The second kappa shape index (κ2) is 4.80. The van der Waals surface area contributed by atoms with Crippen molar-refractivity contribution in [2.45, 2.75) is 6.92 Å². The number of piperazine rings is 1. The molecule has 0 atom stereocenters. The minimum absolute atomic E-state index is 0.236. The number of nitrogens with zero attached hydrogens (tertiary/aromatic N) is 3. The van der Waals surface area contributed by atoms with E-state index < -0.39 is 0 Å². The SMILES string of the molecule is CCN1CCN(/C(N)=N/C(=N)N)CC1. The highest BCUT2D eigenvalue weighted by Crippen LogP contribution is 2.00. The Bertz CT molecular complexity index is 228. The third-order valence-corrected chi connectivity index (χ3v) is 2.38. The Hall–Kier alpha value is -1.30. The lowest BCUT2D eigenvalue weighted by Crippen LogP contribution is -2.51. The Kier molecular flexibility index (Phi) is 3.70. The van der Waals surface area contributed by atoms with Gasteiger partial charge in [-0.25, -0.2) is 0 Å². The number of aliphatic imine (C=N–C) groups is 1. The van der Waals surface area contributed by atoms with Gasteiger partial charge in [0.25, 0.3) is 0 Å². The lowest BCUT2D eigenvalue weighted by atomic mass is 10.3. The van der Waals surface area contributed by atoms with E-state index in [1.54, 1.807) is 0 Å². The Morgan fingerprint density at radius 3 is 2.29 bits per heavy atom. The van der Waals surface area contributed by atoms with Crippen molar-refractivity contribution in [2.24, 2.45) is 16.5 Å². The minimum atomic E-state index is -0.236. The maximum absolute atomic E-state index is 6.99. The molecule has 0 bridgehead atoms. The molecule has 6 heteroatoms. The zero-order valence-electron chi connectivity index (χ0n) is 8.53. The van der Waals surface area contributed by atoms with E-state index in [2.05, 4.69) is 16.8 Å². The quantitative estimate of drug-likeness (QED) is 0.365. The highest BCUT2D eigenvalue weighted by atomic mass is 15.3. The fourth-order valence-electron chi connectivity index (χ4n) is 1.49. The summed E-state index contributed by atoms with van der Waals surface area (Å²) in [5.41, 5.74) is 10.8. The van der Waals surface area contributed by atoms with Crippen LogP contribution in [0.3, 0.4) is 0 Å². The minimum Gasteiger partial charge on any atom is -0.369 e. The van der Waals surface area contributed by atoms with Crippen LogP contribution in [0.15, 0.2) is 4.99 Å². The summed E-state index contributed by atoms with van der Waals surface area (Å²) in [5.74, 6) is 0.119. The molecule has 1 rings (SSSR count). The number of rotatable bonds is 1. The van der Waals surface area contributed by atoms with Gasteiger partial charge in [-0.1, -0.05) is 6.92 Å². The first-order valence-corrected chi connectivity index (χ1v) is 4.79. The van der Waals surface area contributed by atoms with Crippen LogP contribution in [0.4, 0.5) is 0 Å². The van der Waals surface area contributed by atoms with Gasteiger partial charge in [0.05, 0.1) is 0 Å². The van der Waals surface area contributed by atoms with Crippen molar-refractivity contribution >= 4 is 11.9 Å². The lowest BCUT2D eigenvalue weighted by Gasteiger charge is -2.34. The molecule has 1 aliphatic rings. The predicted molar refractivity (Wildman–Crippen MR) is 57.2 cm³/mol. The average molecular weight is 198 g/mol. The molecular formula is C8H18N6. The van der Waals surface area contributed by atoms with Crippen molar-refractivity contribution in [1.29, 1.82) is 5.41 Å². The molecular weight excluding hydrogens is 180 g/mol. The van der Waals surface area contributed by atoms with E-state index in [0.717, 1.165) is 32.7 Å². The second-order valence-corrected chi connectivity index (χ2v) is 3.28. The van der Waals surface area contributed by atoms with E-state index in [4.69, 9.17) is 16.9 Å². The lowest BCUT2D eigenvalue weighted by molar-refractivity contribution is 0.189. The summed E-state index contributed by atoms with van der Waals surface area (Å²) < 4.78 is 0. The van der Waals surface area contributed by atoms with E-state index in [9.17, 15) is 0 Å². The van der Waals surface area contributed by atoms with Gasteiger partial charge in [-0.2, -0.15) is 4.99 Å². The summed E-state index contributed by atoms with van der Waals surface area (Å²) in [6.45, 7) is 6.91. The van der Waals surface area contributed by atoms with Crippen LogP contribution >= 0.6 is 0 Å². The molecule has 1 fully saturated rings. The fourth-order valence-corrected chi connectivity index (χ4v) is 1.49. The normalized spacial score (nSPS) is 19.8. The van der Waals surface area contributed by atoms with Crippen LogP contribution in [-0.2, 0) is 0 Å². The molecule has 1 heterocycles. The molecule has 0 radical (unpaired) electrons. The van der Waals surface area contributed by atoms with Gasteiger partial charge >= 0.3 is 0 Å². The molecule has 6 nitrogen and oxygen atoms in total. The van der Waals surface area contributed by atoms with E-state index >= 15 is 0 Å². The van der Waals surface area contributed by atoms with Crippen LogP contribution in [0.1, 0.15) is 6.92 Å². The monoisotopic (exact) mass is 198 g/mol. The van der Waals surface area contributed by atoms with Crippen LogP contribution in [0.5, 0.6) is 0 Å². The zero-order chi connectivity index (χ0) is 10.6. The number of nitrogens with two attached hydrogens (primary N) is 2. The molecule has 0 aromatic rings. The fraction of sp³-hybridized carbons (Fsp3) is 0.750. The van der Waals surface area contributed by atoms with Gasteiger partial charge in [-0.05, 0) is 6.54 Å². The molecule has 0 unspecified atom stereocenters. The predicted octanol–water partition coefficient (Wildman–Crippen LogP) is -1.17. The molecule has 80 valence electrons. The molecule has 0 spiro atoms. The van der Waals surface area contributed by atoms with Crippen molar-refractivity contribution < 1.29 is 0 Å². The molecule has 1 aliphatic heterocycles. The summed E-state index contributed by atoms with van der Waals surface area (Å²) in [7, 11) is 0. The van der Waals surface area contributed by atoms with Crippen LogP contribution in [0.25, 0.3) is 0 Å². The van der Waals surface area contributed by atoms with Crippen molar-refractivity contribution in [2.75, 3.05) is 32.7 Å². The molecule has 0 aromatic carbocycles. The van der Waals surface area contributed by atoms with Crippen LogP contribution in [-0.4, -0.2) is 54.4 Å². The maximum Gasteiger partial charge on any atom is 0.215 e. The third kappa shape index (κ3) is 2.88. The molecule has 5 N–H and O–H groups in total. The first-order valence-electron chi connectivity index (χ1n) is 4.79. The van der Waals surface area contributed by atoms with Crippen LogP contribution in [0, 0.1) is 5.41 Å². The van der Waals surface area contributed by atoms with E-state index in [1.807, 2.05) is 4.90 Å². The Balaban J connectivity index is 2.45. The highest BCUT2D eigenvalue weighted by molar-refractivity contribution is 5.91. The molecule has 1 saturated heterocycles. The number of hydrogen-bond acceptors (Lipinski definition) is 2. The smallest absolute Gasteiger partial charge is 0.215 e. The van der Waals surface area contributed by atoms with Gasteiger partial charge in [0, 0.05) is 26.2 Å². The van der Waals surface area contributed by atoms with Gasteiger partial charge < -0.3 is 21.3 Å². The zero-order valence-corrected chi connectivity index (χ0v) is 8.53. The molecule has 0 aromatic heterocycles. The summed E-state index contributed by atoms with van der Waals surface area (Å²) in [5, 5.41) is 6.99. The number of likely N-dealkylation sites (N-methyl/N-ethyl adjacent to an activating group) is 1. The van der Waals surface area contributed by atoms with Crippen molar-refractivity contribution in [3.63, 3.8) is 0 Å². The van der Waals surface area contributed by atoms with Crippen LogP contribution in [0.2, 0.25) is 0 Å². The summed E-state index contributed by atoms with van der Waals surface area (Å²) >= 11 is 0. The van der Waals surface area contributed by atoms with Gasteiger partial charge in [0.15, 0.2) is 5.96 Å². The third-order valence-electron chi connectivity index (χ3n) is 2.38. The summed E-state index contributed by atoms with van der Waals surface area (Å²) in [4.78, 5) is 8.01. The van der Waals surface area contributed by atoms with E-state index in [1.165, 1.54) is 0 Å². The summed E-state index contributed by atoms with van der Waals surface area (Å²) in [6.07, 6.45) is 0. The Labute approximate surface area is 84.1 Å². The number of hydrogen-bond donors (Lipinski definition) is 3. The number of nitrogens with one attached hydrogen (secondary N) is 1. The summed E-state index contributed by atoms with van der Waals surface area (Å²) in [6, 6.07) is 0. The van der Waals surface area contributed by atoms with E-state index in [0.29, 0.717) is 5.96 Å². The highest BCUT2D eigenvalue weighted by Gasteiger charge is 2.16. The van der Waals surface area contributed by atoms with Crippen molar-refractivity contribution in [3.8, 4) is 0 Å². The van der Waals surface area contributed by atoms with Gasteiger partial charge in [0.1, 0.15) is 0 Å². The first-order chi connectivity index (χ1) is 6.63. The molecule has 0 amide bonds. The first kappa shape index (κ1) is 10.8. The standard InChI is InChI=1S/C8H18N6/c1-2-13-3-5-14(6-4-13)8(11)12-7(9)10/h2-6H2,1H3,(H5,9,10,11,12).